The number of aromatic nitrogens is 2. The summed E-state index contributed by atoms with van der Waals surface area (Å²) in [6, 6.07) is 24.1. The van der Waals surface area contributed by atoms with Gasteiger partial charge in [0.2, 0.25) is 5.79 Å². The highest BCUT2D eigenvalue weighted by Crippen LogP contribution is 2.57. The second kappa shape index (κ2) is 8.70. The van der Waals surface area contributed by atoms with Crippen molar-refractivity contribution in [1.29, 1.82) is 0 Å². The van der Waals surface area contributed by atoms with Gasteiger partial charge in [-0.3, -0.25) is 0 Å². The van der Waals surface area contributed by atoms with Crippen LogP contribution in [0.5, 0.6) is 0 Å². The minimum absolute atomic E-state index is 0.295. The normalized spacial score (nSPS) is 19.7. The van der Waals surface area contributed by atoms with E-state index in [-0.39, 0.29) is 5.41 Å². The van der Waals surface area contributed by atoms with Crippen LogP contribution in [0.25, 0.3) is 44.1 Å². The van der Waals surface area contributed by atoms with Crippen molar-refractivity contribution in [1.82, 2.24) is 4.98 Å². The second-order valence-electron chi connectivity index (χ2n) is 12.7. The van der Waals surface area contributed by atoms with Gasteiger partial charge in [0.25, 0.3) is 6.33 Å². The van der Waals surface area contributed by atoms with Crippen LogP contribution in [0.2, 0.25) is 0 Å². The van der Waals surface area contributed by atoms with Crippen molar-refractivity contribution < 1.29 is 14.4 Å². The topological polar surface area (TPSA) is 46.2 Å². The van der Waals surface area contributed by atoms with Crippen molar-refractivity contribution in [2.75, 3.05) is 7.11 Å². The maximum Gasteiger partial charge on any atom is 0.288 e. The molecular weight excluding hydrogens is 504 g/mol. The summed E-state index contributed by atoms with van der Waals surface area (Å²) in [5, 5.41) is 17.5. The van der Waals surface area contributed by atoms with Crippen LogP contribution in [0.15, 0.2) is 73.1 Å². The van der Waals surface area contributed by atoms with E-state index in [9.17, 15) is 5.11 Å². The molecule has 2 heterocycles. The van der Waals surface area contributed by atoms with Crippen LogP contribution in [-0.4, -0.2) is 17.2 Å². The van der Waals surface area contributed by atoms with Gasteiger partial charge < -0.3 is 9.84 Å². The Hall–Kier alpha value is -3.60. The van der Waals surface area contributed by atoms with Crippen LogP contribution < -0.4 is 4.57 Å². The number of nitrogens with zero attached hydrogens (tertiary/aromatic N) is 2. The van der Waals surface area contributed by atoms with E-state index in [1.54, 1.807) is 7.11 Å². The molecule has 0 saturated heterocycles. The molecule has 1 atom stereocenters. The van der Waals surface area contributed by atoms with E-state index >= 15 is 0 Å². The molecule has 0 bridgehead atoms. The third-order valence-corrected chi connectivity index (χ3v) is 10.3. The van der Waals surface area contributed by atoms with Crippen molar-refractivity contribution in [3.63, 3.8) is 0 Å². The van der Waals surface area contributed by atoms with Crippen LogP contribution >= 0.6 is 0 Å². The number of hydrogen-bond donors (Lipinski definition) is 1. The molecule has 0 spiro atoms. The maximum atomic E-state index is 12.8. The lowest BCUT2D eigenvalue weighted by Crippen LogP contribution is -2.71. The third-order valence-electron chi connectivity index (χ3n) is 10.3. The first-order chi connectivity index (χ1) is 19.6. The molecule has 4 aromatic carbocycles. The Kier molecular flexibility index (Phi) is 5.58. The average molecular weight is 544 g/mol. The van der Waals surface area contributed by atoms with Gasteiger partial charge in [-0.1, -0.05) is 90.1 Å². The summed E-state index contributed by atoms with van der Waals surface area (Å²) in [6.07, 6.45) is 3.34. The van der Waals surface area contributed by atoms with E-state index in [1.165, 1.54) is 38.4 Å². The van der Waals surface area contributed by atoms with Gasteiger partial charge in [-0.25, -0.2) is 4.57 Å². The van der Waals surface area contributed by atoms with Crippen molar-refractivity contribution in [3.05, 3.63) is 95.3 Å². The highest BCUT2D eigenvalue weighted by molar-refractivity contribution is 5.98. The minimum Gasteiger partial charge on any atom is -0.358 e. The summed E-state index contributed by atoms with van der Waals surface area (Å²) in [5.74, 6) is -1.23. The van der Waals surface area contributed by atoms with Gasteiger partial charge in [0.15, 0.2) is 11.2 Å². The SMILES string of the molecule is CCC1(CC)[n+]2cnc3c(c2-c2cc(C(C)C)c4ccccc4c2C1(O)OC)C(C)(C)c1cc2ccccc2cc1-3. The molecular formula is C37H39N2O2+. The monoisotopic (exact) mass is 543 g/mol. The van der Waals surface area contributed by atoms with Crippen molar-refractivity contribution in [2.45, 2.75) is 77.0 Å². The fourth-order valence-corrected chi connectivity index (χ4v) is 8.13. The Labute approximate surface area is 242 Å². The molecule has 0 radical (unpaired) electrons. The number of benzene rings is 4. The highest BCUT2D eigenvalue weighted by atomic mass is 16.6. The molecule has 1 aromatic heterocycles. The second-order valence-corrected chi connectivity index (χ2v) is 12.7. The predicted molar refractivity (Wildman–Crippen MR) is 166 cm³/mol. The van der Waals surface area contributed by atoms with E-state index in [0.717, 1.165) is 27.9 Å². The molecule has 0 saturated carbocycles. The molecule has 208 valence electrons. The van der Waals surface area contributed by atoms with Gasteiger partial charge >= 0.3 is 0 Å². The summed E-state index contributed by atoms with van der Waals surface area (Å²) in [4.78, 5) is 5.20. The number of ether oxygens (including phenoxy) is 1. The molecule has 2 aliphatic rings. The summed E-state index contributed by atoms with van der Waals surface area (Å²) in [6.45, 7) is 13.5. The fraction of sp³-hybridized carbons (Fsp3) is 0.351. The van der Waals surface area contributed by atoms with Crippen LogP contribution in [-0.2, 0) is 21.5 Å². The van der Waals surface area contributed by atoms with Crippen LogP contribution in [0.4, 0.5) is 0 Å². The Morgan fingerprint density at radius 2 is 1.49 bits per heavy atom. The first kappa shape index (κ1) is 26.3. The lowest BCUT2D eigenvalue weighted by atomic mass is 9.69. The standard InChI is InChI=1S/C37H39N2O2/c1-8-36(9-2)37(40,41-7)31-26-17-13-12-16-25(26)27(22(3)4)20-29(31)34-32-33(38-21-39(34)36)28-18-23-14-10-11-15-24(23)19-30(28)35(32,5)6/h10-22,40H,8-9H2,1-7H3/q+1. The number of rotatable bonds is 4. The van der Waals surface area contributed by atoms with Crippen LogP contribution in [0.1, 0.15) is 82.6 Å². The molecule has 5 aromatic rings. The third kappa shape index (κ3) is 3.13. The number of fused-ring (bicyclic) bond motifs is 10. The largest absolute Gasteiger partial charge is 0.358 e. The molecule has 0 fully saturated rings. The van der Waals surface area contributed by atoms with Gasteiger partial charge in [0.05, 0.1) is 5.56 Å². The molecule has 7 rings (SSSR count). The van der Waals surface area contributed by atoms with E-state index in [2.05, 4.69) is 113 Å². The smallest absolute Gasteiger partial charge is 0.288 e. The Balaban J connectivity index is 1.69. The lowest BCUT2D eigenvalue weighted by molar-refractivity contribution is -0.792. The van der Waals surface area contributed by atoms with Gasteiger partial charge in [-0.15, -0.1) is 0 Å². The summed E-state index contributed by atoms with van der Waals surface area (Å²) >= 11 is 0. The molecule has 1 unspecified atom stereocenters. The van der Waals surface area contributed by atoms with E-state index in [4.69, 9.17) is 9.72 Å². The number of hydrogen-bond acceptors (Lipinski definition) is 3. The lowest BCUT2D eigenvalue weighted by Gasteiger charge is -2.48. The molecule has 1 aliphatic heterocycles. The first-order valence-electron chi connectivity index (χ1n) is 15.0. The number of aliphatic hydroxyl groups is 1. The van der Waals surface area contributed by atoms with Crippen molar-refractivity contribution in [2.24, 2.45) is 0 Å². The predicted octanol–water partition coefficient (Wildman–Crippen LogP) is 8.09. The minimum atomic E-state index is -1.54. The quantitative estimate of drug-likeness (QED) is 0.184. The Morgan fingerprint density at radius 1 is 0.854 bits per heavy atom. The van der Waals surface area contributed by atoms with Crippen LogP contribution in [0.3, 0.4) is 0 Å². The summed E-state index contributed by atoms with van der Waals surface area (Å²) in [5.41, 5.74) is 8.04. The zero-order valence-corrected chi connectivity index (χ0v) is 25.2. The average Bonchev–Trinajstić information content (AvgIpc) is 3.21. The zero-order chi connectivity index (χ0) is 28.9. The molecule has 41 heavy (non-hydrogen) atoms. The van der Waals surface area contributed by atoms with Gasteiger partial charge in [0, 0.05) is 29.2 Å². The zero-order valence-electron chi connectivity index (χ0n) is 25.2. The van der Waals surface area contributed by atoms with Crippen molar-refractivity contribution >= 4 is 21.5 Å². The van der Waals surface area contributed by atoms with Gasteiger partial charge in [-0.2, -0.15) is 0 Å². The molecule has 1 N–H and O–H groups in total. The number of methoxy groups -OCH3 is 1. The van der Waals surface area contributed by atoms with Gasteiger partial charge in [0.1, 0.15) is 5.69 Å². The van der Waals surface area contributed by atoms with Gasteiger partial charge in [-0.05, 0) is 74.6 Å². The molecule has 1 aliphatic carbocycles. The molecule has 4 nitrogen and oxygen atoms in total. The molecule has 4 heteroatoms. The van der Waals surface area contributed by atoms with E-state index in [0.29, 0.717) is 18.8 Å². The summed E-state index contributed by atoms with van der Waals surface area (Å²) in [7, 11) is 1.65. The van der Waals surface area contributed by atoms with Crippen molar-refractivity contribution in [3.8, 4) is 22.5 Å². The summed E-state index contributed by atoms with van der Waals surface area (Å²) < 4.78 is 8.53. The van der Waals surface area contributed by atoms with E-state index in [1.807, 2.05) is 6.33 Å². The van der Waals surface area contributed by atoms with Crippen LogP contribution in [0, 0.1) is 0 Å². The Bertz CT molecular complexity index is 1880. The highest BCUT2D eigenvalue weighted by Gasteiger charge is 2.62. The molecule has 0 amide bonds. The maximum absolute atomic E-state index is 12.8. The first-order valence-corrected chi connectivity index (χ1v) is 15.0. The fourth-order valence-electron chi connectivity index (χ4n) is 8.13. The Morgan fingerprint density at radius 3 is 2.12 bits per heavy atom. The van der Waals surface area contributed by atoms with E-state index < -0.39 is 11.3 Å².